The second-order valence-electron chi connectivity index (χ2n) is 3.85. The number of carbonyl (C=O) groups excluding carboxylic acids is 1. The lowest BCUT2D eigenvalue weighted by Crippen LogP contribution is -2.43. The molecule has 0 aliphatic rings. The van der Waals surface area contributed by atoms with Crippen molar-refractivity contribution in [2.45, 2.75) is 19.0 Å². The van der Waals surface area contributed by atoms with Crippen molar-refractivity contribution in [1.82, 2.24) is 4.90 Å². The highest BCUT2D eigenvalue weighted by molar-refractivity contribution is 5.82. The molecule has 1 unspecified atom stereocenters. The maximum Gasteiger partial charge on any atom is 0.241 e. The number of benzene rings is 1. The number of amides is 1. The number of nitriles is 1. The normalized spacial score (nSPS) is 11.1. The molecule has 1 aromatic carbocycles. The van der Waals surface area contributed by atoms with Gasteiger partial charge in [-0.2, -0.15) is 5.26 Å². The molecule has 1 aromatic rings. The largest absolute Gasteiger partial charge is 0.324 e. The minimum absolute atomic E-state index is 0.00595. The molecule has 0 aromatic heterocycles. The van der Waals surface area contributed by atoms with E-state index in [-0.39, 0.29) is 18.9 Å². The predicted octanol–water partition coefficient (Wildman–Crippen LogP) is 0.889. The summed E-state index contributed by atoms with van der Waals surface area (Å²) in [7, 11) is 0. The van der Waals surface area contributed by atoms with E-state index >= 15 is 0 Å². The quantitative estimate of drug-likeness (QED) is 0.614. The molecule has 4 heteroatoms. The van der Waals surface area contributed by atoms with E-state index in [2.05, 4.69) is 5.92 Å². The molecule has 0 aliphatic carbocycles. The van der Waals surface area contributed by atoms with Crippen LogP contribution in [0.4, 0.5) is 0 Å². The summed E-state index contributed by atoms with van der Waals surface area (Å²) in [5, 5.41) is 8.75. The number of carbonyl (C=O) groups is 1. The molecule has 1 rings (SSSR count). The van der Waals surface area contributed by atoms with Gasteiger partial charge in [0.25, 0.3) is 0 Å². The Labute approximate surface area is 107 Å². The van der Waals surface area contributed by atoms with Gasteiger partial charge >= 0.3 is 0 Å². The van der Waals surface area contributed by atoms with Crippen molar-refractivity contribution in [3.63, 3.8) is 0 Å². The second-order valence-corrected chi connectivity index (χ2v) is 3.85. The standard InChI is InChI=1S/C14H15N3O/c1-2-6-13(16)14(18)17(10-9-15)11-12-7-4-3-5-8-12/h1,3-5,7-8,13H,6,10-11,16H2. The van der Waals surface area contributed by atoms with Gasteiger partial charge in [-0.05, 0) is 5.56 Å². The van der Waals surface area contributed by atoms with Gasteiger partial charge in [-0.15, -0.1) is 12.3 Å². The van der Waals surface area contributed by atoms with Crippen LogP contribution in [-0.2, 0) is 11.3 Å². The van der Waals surface area contributed by atoms with Crippen LogP contribution in [-0.4, -0.2) is 23.4 Å². The molecule has 0 fully saturated rings. The summed E-state index contributed by atoms with van der Waals surface area (Å²) in [6.07, 6.45) is 5.30. The van der Waals surface area contributed by atoms with Crippen LogP contribution in [0.1, 0.15) is 12.0 Å². The molecule has 0 heterocycles. The van der Waals surface area contributed by atoms with Crippen LogP contribution in [0.3, 0.4) is 0 Å². The van der Waals surface area contributed by atoms with Crippen LogP contribution < -0.4 is 5.73 Å². The first-order valence-electron chi connectivity index (χ1n) is 5.57. The Morgan fingerprint density at radius 2 is 2.11 bits per heavy atom. The number of nitrogens with zero attached hydrogens (tertiary/aromatic N) is 2. The van der Waals surface area contributed by atoms with E-state index in [1.54, 1.807) is 0 Å². The van der Waals surface area contributed by atoms with E-state index in [1.807, 2.05) is 36.4 Å². The summed E-state index contributed by atoms with van der Waals surface area (Å²) in [6.45, 7) is 0.373. The second kappa shape index (κ2) is 7.11. The summed E-state index contributed by atoms with van der Waals surface area (Å²) >= 11 is 0. The maximum atomic E-state index is 12.0. The Balaban J connectivity index is 2.75. The highest BCUT2D eigenvalue weighted by Gasteiger charge is 2.20. The van der Waals surface area contributed by atoms with Gasteiger partial charge in [0.1, 0.15) is 6.54 Å². The van der Waals surface area contributed by atoms with Gasteiger partial charge in [-0.3, -0.25) is 4.79 Å². The summed E-state index contributed by atoms with van der Waals surface area (Å²) in [5.74, 6) is 2.06. The van der Waals surface area contributed by atoms with Crippen molar-refractivity contribution >= 4 is 5.91 Å². The Kier molecular flexibility index (Phi) is 5.44. The third-order valence-electron chi connectivity index (χ3n) is 2.44. The van der Waals surface area contributed by atoms with Gasteiger partial charge in [-0.25, -0.2) is 0 Å². The first kappa shape index (κ1) is 13.8. The highest BCUT2D eigenvalue weighted by Crippen LogP contribution is 2.06. The molecule has 1 amide bonds. The van der Waals surface area contributed by atoms with Crippen molar-refractivity contribution in [1.29, 1.82) is 5.26 Å². The van der Waals surface area contributed by atoms with Gasteiger partial charge in [0.05, 0.1) is 12.1 Å². The molecule has 18 heavy (non-hydrogen) atoms. The lowest BCUT2D eigenvalue weighted by molar-refractivity contribution is -0.132. The van der Waals surface area contributed by atoms with E-state index in [0.717, 1.165) is 5.56 Å². The fraction of sp³-hybridized carbons (Fsp3) is 0.286. The van der Waals surface area contributed by atoms with Gasteiger partial charge in [0.15, 0.2) is 0 Å². The Bertz CT molecular complexity index is 470. The molecular formula is C14H15N3O. The number of terminal acetylenes is 1. The van der Waals surface area contributed by atoms with E-state index < -0.39 is 6.04 Å². The SMILES string of the molecule is C#CCC(N)C(=O)N(CC#N)Cc1ccccc1. The van der Waals surface area contributed by atoms with E-state index in [9.17, 15) is 4.79 Å². The van der Waals surface area contributed by atoms with Crippen molar-refractivity contribution in [3.05, 3.63) is 35.9 Å². The molecule has 4 nitrogen and oxygen atoms in total. The monoisotopic (exact) mass is 241 g/mol. The zero-order valence-corrected chi connectivity index (χ0v) is 10.0. The zero-order chi connectivity index (χ0) is 13.4. The Morgan fingerprint density at radius 1 is 1.44 bits per heavy atom. The average molecular weight is 241 g/mol. The lowest BCUT2D eigenvalue weighted by Gasteiger charge is -2.22. The minimum atomic E-state index is -0.743. The Hall–Kier alpha value is -2.30. The molecule has 0 radical (unpaired) electrons. The molecule has 0 bridgehead atoms. The van der Waals surface area contributed by atoms with E-state index in [0.29, 0.717) is 6.54 Å². The van der Waals surface area contributed by atoms with Crippen LogP contribution in [0.15, 0.2) is 30.3 Å². The van der Waals surface area contributed by atoms with Crippen molar-refractivity contribution < 1.29 is 4.79 Å². The third kappa shape index (κ3) is 3.93. The summed E-state index contributed by atoms with van der Waals surface area (Å²) < 4.78 is 0. The van der Waals surface area contributed by atoms with E-state index in [1.165, 1.54) is 4.90 Å². The first-order chi connectivity index (χ1) is 8.69. The van der Waals surface area contributed by atoms with Crippen LogP contribution >= 0.6 is 0 Å². The summed E-state index contributed by atoms with van der Waals surface area (Å²) in [5.41, 5.74) is 6.62. The molecule has 0 spiro atoms. The molecule has 0 saturated carbocycles. The van der Waals surface area contributed by atoms with E-state index in [4.69, 9.17) is 17.4 Å². The number of nitrogens with two attached hydrogens (primary N) is 1. The molecule has 1 atom stereocenters. The molecule has 2 N–H and O–H groups in total. The molecule has 92 valence electrons. The highest BCUT2D eigenvalue weighted by atomic mass is 16.2. The first-order valence-corrected chi connectivity index (χ1v) is 5.57. The topological polar surface area (TPSA) is 70.1 Å². The van der Waals surface area contributed by atoms with Gasteiger partial charge < -0.3 is 10.6 Å². The van der Waals surface area contributed by atoms with Crippen LogP contribution in [0, 0.1) is 23.7 Å². The smallest absolute Gasteiger partial charge is 0.241 e. The molecule has 0 aliphatic heterocycles. The van der Waals surface area contributed by atoms with Crippen LogP contribution in [0.5, 0.6) is 0 Å². The fourth-order valence-corrected chi connectivity index (χ4v) is 1.55. The molecule has 0 saturated heterocycles. The maximum absolute atomic E-state index is 12.0. The predicted molar refractivity (Wildman–Crippen MR) is 68.9 cm³/mol. The molecular weight excluding hydrogens is 226 g/mol. The van der Waals surface area contributed by atoms with Crippen LogP contribution in [0.2, 0.25) is 0 Å². The Morgan fingerprint density at radius 3 is 2.67 bits per heavy atom. The zero-order valence-electron chi connectivity index (χ0n) is 10.0. The number of rotatable bonds is 5. The third-order valence-corrected chi connectivity index (χ3v) is 2.44. The summed E-state index contributed by atoms with van der Waals surface area (Å²) in [6, 6.07) is 10.7. The van der Waals surface area contributed by atoms with Gasteiger partial charge in [-0.1, -0.05) is 30.3 Å². The average Bonchev–Trinajstić information content (AvgIpc) is 2.39. The number of hydrogen-bond acceptors (Lipinski definition) is 3. The van der Waals surface area contributed by atoms with Crippen LogP contribution in [0.25, 0.3) is 0 Å². The summed E-state index contributed by atoms with van der Waals surface area (Å²) in [4.78, 5) is 13.4. The van der Waals surface area contributed by atoms with Crippen molar-refractivity contribution in [2.24, 2.45) is 5.73 Å². The number of hydrogen-bond donors (Lipinski definition) is 1. The lowest BCUT2D eigenvalue weighted by atomic mass is 10.1. The minimum Gasteiger partial charge on any atom is -0.324 e. The van der Waals surface area contributed by atoms with Gasteiger partial charge in [0.2, 0.25) is 5.91 Å². The van der Waals surface area contributed by atoms with Gasteiger partial charge in [0, 0.05) is 13.0 Å². The fourth-order valence-electron chi connectivity index (χ4n) is 1.55. The van der Waals surface area contributed by atoms with Crippen molar-refractivity contribution in [3.8, 4) is 18.4 Å². The van der Waals surface area contributed by atoms with Crippen molar-refractivity contribution in [2.75, 3.05) is 6.54 Å².